The first kappa shape index (κ1) is 21.9. The zero-order valence-electron chi connectivity index (χ0n) is 16.2. The second-order valence-electron chi connectivity index (χ2n) is 7.65. The van der Waals surface area contributed by atoms with Gasteiger partial charge in [-0.1, -0.05) is 84.5 Å². The van der Waals surface area contributed by atoms with Gasteiger partial charge in [0, 0.05) is 16.4 Å². The lowest BCUT2D eigenvalue weighted by molar-refractivity contribution is -0.122. The third kappa shape index (κ3) is 10.6. The Morgan fingerprint density at radius 3 is 1.88 bits per heavy atom. The van der Waals surface area contributed by atoms with Crippen LogP contribution in [0.25, 0.3) is 0 Å². The summed E-state index contributed by atoms with van der Waals surface area (Å²) in [4.78, 5) is 11.3. The Kier molecular flexibility index (Phi) is 12.8. The van der Waals surface area contributed by atoms with E-state index in [4.69, 9.17) is 5.73 Å². The minimum absolute atomic E-state index is 0.0937. The molecule has 24 heavy (non-hydrogen) atoms. The Morgan fingerprint density at radius 2 is 1.33 bits per heavy atom. The van der Waals surface area contributed by atoms with Crippen molar-refractivity contribution in [1.29, 1.82) is 0 Å². The molecule has 0 radical (unpaired) electrons. The largest absolute Gasteiger partial charge is 0.369 e. The summed E-state index contributed by atoms with van der Waals surface area (Å²) in [6.45, 7) is 4.41. The highest BCUT2D eigenvalue weighted by atomic mass is 32.2. The monoisotopic (exact) mass is 355 g/mol. The highest BCUT2D eigenvalue weighted by molar-refractivity contribution is 8.07. The van der Waals surface area contributed by atoms with Crippen LogP contribution in [-0.4, -0.2) is 16.4 Å². The molecular formula is C21H41NOS. The fraction of sp³-hybridized carbons (Fsp3) is 0.952. The molecule has 3 atom stereocenters. The van der Waals surface area contributed by atoms with Crippen molar-refractivity contribution in [1.82, 2.24) is 0 Å². The summed E-state index contributed by atoms with van der Waals surface area (Å²) < 4.78 is 0. The Morgan fingerprint density at radius 1 is 0.792 bits per heavy atom. The van der Waals surface area contributed by atoms with E-state index >= 15 is 0 Å². The van der Waals surface area contributed by atoms with Gasteiger partial charge >= 0.3 is 0 Å². The van der Waals surface area contributed by atoms with E-state index in [1.54, 1.807) is 0 Å². The third-order valence-corrected chi connectivity index (χ3v) is 6.87. The van der Waals surface area contributed by atoms with Crippen molar-refractivity contribution in [3.05, 3.63) is 0 Å². The van der Waals surface area contributed by atoms with Crippen LogP contribution in [0, 0.1) is 5.92 Å². The lowest BCUT2D eigenvalue weighted by atomic mass is 9.95. The second kappa shape index (κ2) is 14.0. The number of amides is 1. The second-order valence-corrected chi connectivity index (χ2v) is 9.13. The summed E-state index contributed by atoms with van der Waals surface area (Å²) >= 11 is 2.22. The summed E-state index contributed by atoms with van der Waals surface area (Å²) in [5.74, 6) is 0.0273. The van der Waals surface area contributed by atoms with Crippen LogP contribution in [0.1, 0.15) is 110 Å². The van der Waals surface area contributed by atoms with E-state index in [1.165, 1.54) is 77.0 Å². The van der Waals surface area contributed by atoms with Crippen molar-refractivity contribution >= 4 is 17.7 Å². The van der Waals surface area contributed by atoms with Crippen molar-refractivity contribution < 1.29 is 4.79 Å². The SMILES string of the molecule is CCCCCCCCC1SC1CCCCCCC(CCC)C(N)=O. The lowest BCUT2D eigenvalue weighted by Gasteiger charge is -2.11. The Hall–Kier alpha value is -0.180. The van der Waals surface area contributed by atoms with Crippen LogP contribution in [0.2, 0.25) is 0 Å². The van der Waals surface area contributed by atoms with Crippen molar-refractivity contribution in [3.8, 4) is 0 Å². The van der Waals surface area contributed by atoms with Gasteiger partial charge in [-0.25, -0.2) is 0 Å². The maximum atomic E-state index is 11.3. The smallest absolute Gasteiger partial charge is 0.220 e. The molecule has 0 aromatic carbocycles. The van der Waals surface area contributed by atoms with E-state index in [9.17, 15) is 4.79 Å². The van der Waals surface area contributed by atoms with Gasteiger partial charge in [0.05, 0.1) is 0 Å². The maximum Gasteiger partial charge on any atom is 0.220 e. The molecule has 2 N–H and O–H groups in total. The molecule has 1 heterocycles. The molecule has 1 aliphatic heterocycles. The topological polar surface area (TPSA) is 43.1 Å². The van der Waals surface area contributed by atoms with Gasteiger partial charge in [-0.2, -0.15) is 11.8 Å². The van der Waals surface area contributed by atoms with Crippen LogP contribution in [-0.2, 0) is 4.79 Å². The molecule has 0 saturated carbocycles. The van der Waals surface area contributed by atoms with Gasteiger partial charge in [0.15, 0.2) is 0 Å². The number of carbonyl (C=O) groups is 1. The van der Waals surface area contributed by atoms with Crippen molar-refractivity contribution in [3.63, 3.8) is 0 Å². The van der Waals surface area contributed by atoms with Gasteiger partial charge < -0.3 is 5.73 Å². The van der Waals surface area contributed by atoms with E-state index < -0.39 is 0 Å². The first-order chi connectivity index (χ1) is 11.7. The highest BCUT2D eigenvalue weighted by Crippen LogP contribution is 2.47. The van der Waals surface area contributed by atoms with Gasteiger partial charge in [-0.15, -0.1) is 0 Å². The summed E-state index contributed by atoms with van der Waals surface area (Å²) in [5, 5.41) is 1.96. The number of hydrogen-bond acceptors (Lipinski definition) is 2. The zero-order valence-corrected chi connectivity index (χ0v) is 17.0. The fourth-order valence-corrected chi connectivity index (χ4v) is 4.92. The van der Waals surface area contributed by atoms with Gasteiger partial charge in [-0.05, 0) is 25.7 Å². The number of rotatable bonds is 17. The quantitative estimate of drug-likeness (QED) is 0.240. The average Bonchev–Trinajstić information content (AvgIpc) is 3.31. The normalized spacial score (nSPS) is 20.9. The Bertz CT molecular complexity index is 321. The minimum atomic E-state index is -0.0937. The summed E-state index contributed by atoms with van der Waals surface area (Å²) in [7, 11) is 0. The number of hydrogen-bond donors (Lipinski definition) is 1. The Labute approximate surface area is 155 Å². The standard InChI is InChI=1S/C21H41NOS/c1-3-5-6-7-8-12-16-19-20(24-19)17-13-10-9-11-15-18(14-4-2)21(22)23/h18-20H,3-17H2,1-2H3,(H2,22,23). The van der Waals surface area contributed by atoms with E-state index in [-0.39, 0.29) is 11.8 Å². The first-order valence-corrected chi connectivity index (χ1v) is 11.6. The van der Waals surface area contributed by atoms with Crippen LogP contribution >= 0.6 is 11.8 Å². The Balaban J connectivity index is 1.86. The zero-order chi connectivity index (χ0) is 17.6. The number of nitrogens with two attached hydrogens (primary N) is 1. The predicted octanol–water partition coefficient (Wildman–Crippen LogP) is 6.46. The van der Waals surface area contributed by atoms with Crippen LogP contribution in [0.5, 0.6) is 0 Å². The molecule has 1 aliphatic rings. The molecule has 0 aromatic rings. The number of carbonyl (C=O) groups excluding carboxylic acids is 1. The molecule has 1 amide bonds. The summed E-state index contributed by atoms with van der Waals surface area (Å²) in [6, 6.07) is 0. The van der Waals surface area contributed by atoms with E-state index in [1.807, 2.05) is 0 Å². The molecule has 0 aromatic heterocycles. The van der Waals surface area contributed by atoms with E-state index in [0.717, 1.165) is 29.8 Å². The molecule has 142 valence electrons. The average molecular weight is 356 g/mol. The molecule has 2 nitrogen and oxygen atoms in total. The van der Waals surface area contributed by atoms with Crippen LogP contribution in [0.15, 0.2) is 0 Å². The van der Waals surface area contributed by atoms with Crippen LogP contribution < -0.4 is 5.73 Å². The molecule has 1 rings (SSSR count). The third-order valence-electron chi connectivity index (χ3n) is 5.36. The predicted molar refractivity (Wildman–Crippen MR) is 108 cm³/mol. The van der Waals surface area contributed by atoms with Crippen LogP contribution in [0.3, 0.4) is 0 Å². The van der Waals surface area contributed by atoms with Crippen molar-refractivity contribution in [2.24, 2.45) is 11.7 Å². The van der Waals surface area contributed by atoms with Gasteiger partial charge in [0.2, 0.25) is 5.91 Å². The molecule has 1 fully saturated rings. The van der Waals surface area contributed by atoms with Gasteiger partial charge in [0.25, 0.3) is 0 Å². The van der Waals surface area contributed by atoms with E-state index in [0.29, 0.717) is 0 Å². The number of unbranched alkanes of at least 4 members (excludes halogenated alkanes) is 8. The highest BCUT2D eigenvalue weighted by Gasteiger charge is 2.36. The number of thioether (sulfide) groups is 1. The molecule has 3 heteroatoms. The van der Waals surface area contributed by atoms with Gasteiger partial charge in [0.1, 0.15) is 0 Å². The molecule has 3 unspecified atom stereocenters. The lowest BCUT2D eigenvalue weighted by Crippen LogP contribution is -2.23. The molecule has 1 saturated heterocycles. The summed E-state index contributed by atoms with van der Waals surface area (Å²) in [5.41, 5.74) is 5.46. The fourth-order valence-electron chi connectivity index (χ4n) is 3.68. The number of primary amides is 1. The minimum Gasteiger partial charge on any atom is -0.369 e. The van der Waals surface area contributed by atoms with Gasteiger partial charge in [-0.3, -0.25) is 4.79 Å². The molecule has 0 aliphatic carbocycles. The van der Waals surface area contributed by atoms with E-state index in [2.05, 4.69) is 25.6 Å². The maximum absolute atomic E-state index is 11.3. The summed E-state index contributed by atoms with van der Waals surface area (Å²) in [6.07, 6.45) is 19.6. The van der Waals surface area contributed by atoms with Crippen LogP contribution in [0.4, 0.5) is 0 Å². The molecule has 0 bridgehead atoms. The van der Waals surface area contributed by atoms with Crippen molar-refractivity contribution in [2.75, 3.05) is 0 Å². The molecule has 0 spiro atoms. The van der Waals surface area contributed by atoms with Crippen molar-refractivity contribution in [2.45, 2.75) is 121 Å². The first-order valence-electron chi connectivity index (χ1n) is 10.6. The molecular weight excluding hydrogens is 314 g/mol.